The number of rotatable bonds is 4. The van der Waals surface area contributed by atoms with Gasteiger partial charge in [-0.2, -0.15) is 0 Å². The Morgan fingerprint density at radius 1 is 1.42 bits per heavy atom. The number of carbonyl (C=O) groups is 1. The fraction of sp³-hybridized carbons (Fsp3) is 0.462. The number of benzene rings is 1. The van der Waals surface area contributed by atoms with Crippen LogP contribution < -0.4 is 5.32 Å². The van der Waals surface area contributed by atoms with Crippen LogP contribution in [0.15, 0.2) is 24.3 Å². The zero-order valence-electron chi connectivity index (χ0n) is 10.4. The van der Waals surface area contributed by atoms with Gasteiger partial charge in [-0.15, -0.1) is 12.4 Å². The number of ether oxygens (including phenoxy) is 1. The number of nitrogens with one attached hydrogen (secondary N) is 1. The Morgan fingerprint density at radius 3 is 2.68 bits per heavy atom. The van der Waals surface area contributed by atoms with Crippen LogP contribution in [0, 0.1) is 5.82 Å². The molecule has 0 aliphatic carbocycles. The fourth-order valence-corrected chi connectivity index (χ4v) is 2.10. The number of carboxylic acids is 1. The highest BCUT2D eigenvalue weighted by Crippen LogP contribution is 2.21. The van der Waals surface area contributed by atoms with Gasteiger partial charge in [-0.3, -0.25) is 10.1 Å². The van der Waals surface area contributed by atoms with Crippen LogP contribution in [0.1, 0.15) is 18.4 Å². The molecule has 1 aromatic carbocycles. The van der Waals surface area contributed by atoms with E-state index in [0.717, 1.165) is 5.56 Å². The summed E-state index contributed by atoms with van der Waals surface area (Å²) >= 11 is 0. The maximum Gasteiger partial charge on any atom is 0.324 e. The van der Waals surface area contributed by atoms with E-state index < -0.39 is 11.5 Å². The van der Waals surface area contributed by atoms with Crippen molar-refractivity contribution < 1.29 is 19.0 Å². The van der Waals surface area contributed by atoms with Crippen molar-refractivity contribution in [1.82, 2.24) is 5.32 Å². The van der Waals surface area contributed by atoms with Crippen LogP contribution in [0.5, 0.6) is 0 Å². The van der Waals surface area contributed by atoms with Crippen molar-refractivity contribution >= 4 is 18.4 Å². The Kier molecular flexibility index (Phi) is 5.72. The molecule has 1 aliphatic heterocycles. The van der Waals surface area contributed by atoms with Gasteiger partial charge >= 0.3 is 5.97 Å². The standard InChI is InChI=1S/C13H16FNO3.ClH/c14-11-3-1-2-10(8-11)9-15-13(12(16)17)4-6-18-7-5-13;/h1-3,8,15H,4-7,9H2,(H,16,17);1H. The summed E-state index contributed by atoms with van der Waals surface area (Å²) in [4.78, 5) is 11.4. The fourth-order valence-electron chi connectivity index (χ4n) is 2.10. The molecule has 1 aliphatic rings. The molecule has 1 saturated heterocycles. The summed E-state index contributed by atoms with van der Waals surface area (Å²) in [7, 11) is 0. The van der Waals surface area contributed by atoms with Gasteiger partial charge in [-0.05, 0) is 30.5 Å². The lowest BCUT2D eigenvalue weighted by atomic mass is 9.90. The van der Waals surface area contributed by atoms with Crippen molar-refractivity contribution in [2.24, 2.45) is 0 Å². The van der Waals surface area contributed by atoms with Crippen LogP contribution in [0.25, 0.3) is 0 Å². The first-order valence-corrected chi connectivity index (χ1v) is 5.93. The van der Waals surface area contributed by atoms with Crippen LogP contribution >= 0.6 is 12.4 Å². The van der Waals surface area contributed by atoms with Crippen molar-refractivity contribution in [2.45, 2.75) is 24.9 Å². The molecule has 0 atom stereocenters. The Morgan fingerprint density at radius 2 is 2.11 bits per heavy atom. The number of hydrogen-bond donors (Lipinski definition) is 2. The van der Waals surface area contributed by atoms with E-state index in [2.05, 4.69) is 5.32 Å². The van der Waals surface area contributed by atoms with Crippen LogP contribution in [-0.4, -0.2) is 29.8 Å². The van der Waals surface area contributed by atoms with Gasteiger partial charge in [-0.1, -0.05) is 12.1 Å². The van der Waals surface area contributed by atoms with Gasteiger partial charge in [0.05, 0.1) is 0 Å². The second-order valence-corrected chi connectivity index (χ2v) is 4.48. The molecular formula is C13H17ClFNO3. The second kappa shape index (κ2) is 6.84. The van der Waals surface area contributed by atoms with E-state index in [1.165, 1.54) is 12.1 Å². The predicted molar refractivity (Wildman–Crippen MR) is 70.9 cm³/mol. The first-order valence-electron chi connectivity index (χ1n) is 5.93. The summed E-state index contributed by atoms with van der Waals surface area (Å²) in [5.74, 6) is -1.19. The maximum absolute atomic E-state index is 13.0. The third-order valence-electron chi connectivity index (χ3n) is 3.28. The first-order chi connectivity index (χ1) is 8.62. The average molecular weight is 290 g/mol. The van der Waals surface area contributed by atoms with Crippen molar-refractivity contribution in [3.8, 4) is 0 Å². The smallest absolute Gasteiger partial charge is 0.324 e. The number of carboxylic acid groups (broad SMARTS) is 1. The minimum absolute atomic E-state index is 0. The molecule has 0 saturated carbocycles. The van der Waals surface area contributed by atoms with E-state index >= 15 is 0 Å². The minimum Gasteiger partial charge on any atom is -0.480 e. The third-order valence-corrected chi connectivity index (χ3v) is 3.28. The normalized spacial score (nSPS) is 17.5. The molecule has 1 aromatic rings. The van der Waals surface area contributed by atoms with Gasteiger partial charge in [0.1, 0.15) is 11.4 Å². The molecule has 6 heteroatoms. The average Bonchev–Trinajstić information content (AvgIpc) is 2.37. The summed E-state index contributed by atoms with van der Waals surface area (Å²) in [6.45, 7) is 1.20. The Hall–Kier alpha value is -1.17. The number of halogens is 2. The molecule has 2 N–H and O–H groups in total. The van der Waals surface area contributed by atoms with Crippen LogP contribution in [0.3, 0.4) is 0 Å². The number of aliphatic carboxylic acids is 1. The van der Waals surface area contributed by atoms with E-state index in [1.807, 2.05) is 0 Å². The highest BCUT2D eigenvalue weighted by molar-refractivity contribution is 5.85. The quantitative estimate of drug-likeness (QED) is 0.890. The van der Waals surface area contributed by atoms with Crippen molar-refractivity contribution in [3.63, 3.8) is 0 Å². The predicted octanol–water partition coefficient (Wildman–Crippen LogP) is 1.97. The largest absolute Gasteiger partial charge is 0.480 e. The SMILES string of the molecule is Cl.O=C(O)C1(NCc2cccc(F)c2)CCOCC1. The van der Waals surface area contributed by atoms with Gasteiger partial charge in [0, 0.05) is 19.8 Å². The Labute approximate surface area is 117 Å². The molecule has 2 rings (SSSR count). The zero-order chi connectivity index (χ0) is 13.0. The molecule has 0 bridgehead atoms. The van der Waals surface area contributed by atoms with E-state index in [4.69, 9.17) is 4.74 Å². The Bertz CT molecular complexity index is 436. The van der Waals surface area contributed by atoms with Crippen LogP contribution in [0.4, 0.5) is 4.39 Å². The van der Waals surface area contributed by atoms with E-state index in [9.17, 15) is 14.3 Å². The van der Waals surface area contributed by atoms with Gasteiger partial charge < -0.3 is 9.84 Å². The molecule has 1 heterocycles. The molecule has 1 fully saturated rings. The molecule has 106 valence electrons. The summed E-state index contributed by atoms with van der Waals surface area (Å²) < 4.78 is 18.2. The van der Waals surface area contributed by atoms with Gasteiger partial charge in [0.2, 0.25) is 0 Å². The highest BCUT2D eigenvalue weighted by atomic mass is 35.5. The summed E-state index contributed by atoms with van der Waals surface area (Å²) in [5.41, 5.74) is -0.216. The van der Waals surface area contributed by atoms with Gasteiger partial charge in [-0.25, -0.2) is 4.39 Å². The van der Waals surface area contributed by atoms with Gasteiger partial charge in [0.15, 0.2) is 0 Å². The molecule has 4 nitrogen and oxygen atoms in total. The lowest BCUT2D eigenvalue weighted by Crippen LogP contribution is -2.55. The highest BCUT2D eigenvalue weighted by Gasteiger charge is 2.39. The van der Waals surface area contributed by atoms with Crippen LogP contribution in [-0.2, 0) is 16.1 Å². The first kappa shape index (κ1) is 15.9. The lowest BCUT2D eigenvalue weighted by Gasteiger charge is -2.34. The van der Waals surface area contributed by atoms with Gasteiger partial charge in [0.25, 0.3) is 0 Å². The van der Waals surface area contributed by atoms with Crippen molar-refractivity contribution in [2.75, 3.05) is 13.2 Å². The molecule has 0 spiro atoms. The molecule has 19 heavy (non-hydrogen) atoms. The topological polar surface area (TPSA) is 58.6 Å². The van der Waals surface area contributed by atoms with E-state index in [1.54, 1.807) is 12.1 Å². The molecule has 0 unspecified atom stereocenters. The van der Waals surface area contributed by atoms with Crippen molar-refractivity contribution in [3.05, 3.63) is 35.6 Å². The van der Waals surface area contributed by atoms with Crippen molar-refractivity contribution in [1.29, 1.82) is 0 Å². The van der Waals surface area contributed by atoms with E-state index in [0.29, 0.717) is 32.6 Å². The molecule has 0 aromatic heterocycles. The Balaban J connectivity index is 0.00000180. The maximum atomic E-state index is 13.0. The van der Waals surface area contributed by atoms with E-state index in [-0.39, 0.29) is 18.2 Å². The molecule has 0 radical (unpaired) electrons. The summed E-state index contributed by atoms with van der Waals surface area (Å²) in [5, 5.41) is 12.4. The summed E-state index contributed by atoms with van der Waals surface area (Å²) in [6, 6.07) is 6.15. The lowest BCUT2D eigenvalue weighted by molar-refractivity contribution is -0.149. The third kappa shape index (κ3) is 3.89. The minimum atomic E-state index is -0.954. The second-order valence-electron chi connectivity index (χ2n) is 4.48. The number of hydrogen-bond acceptors (Lipinski definition) is 3. The summed E-state index contributed by atoms with van der Waals surface area (Å²) in [6.07, 6.45) is 0.856. The monoisotopic (exact) mass is 289 g/mol. The molecule has 0 amide bonds. The molecular weight excluding hydrogens is 273 g/mol. The zero-order valence-corrected chi connectivity index (χ0v) is 11.2. The van der Waals surface area contributed by atoms with Crippen LogP contribution in [0.2, 0.25) is 0 Å².